The van der Waals surface area contributed by atoms with Crippen molar-refractivity contribution < 1.29 is 19.2 Å². The summed E-state index contributed by atoms with van der Waals surface area (Å²) in [6, 6.07) is 15.1. The van der Waals surface area contributed by atoms with Gasteiger partial charge in [-0.1, -0.05) is 42.5 Å². The van der Waals surface area contributed by atoms with Gasteiger partial charge in [-0.15, -0.1) is 11.3 Å². The molecule has 0 saturated heterocycles. The monoisotopic (exact) mass is 411 g/mol. The molecule has 3 rings (SSSR count). The maximum Gasteiger partial charge on any atom is 0.351 e. The Morgan fingerprint density at radius 2 is 1.79 bits per heavy atom. The van der Waals surface area contributed by atoms with E-state index in [1.807, 2.05) is 30.3 Å². The van der Waals surface area contributed by atoms with Gasteiger partial charge >= 0.3 is 5.97 Å². The predicted octanol–water partition coefficient (Wildman–Crippen LogP) is 4.21. The number of para-hydroxylation sites is 2. The van der Waals surface area contributed by atoms with Gasteiger partial charge in [-0.25, -0.2) is 9.78 Å². The van der Waals surface area contributed by atoms with Crippen LogP contribution in [0.15, 0.2) is 54.6 Å². The van der Waals surface area contributed by atoms with Crippen LogP contribution < -0.4 is 5.32 Å². The number of esters is 1. The number of aromatic nitrogens is 1. The minimum absolute atomic E-state index is 0.0331. The summed E-state index contributed by atoms with van der Waals surface area (Å²) in [7, 11) is 0. The highest BCUT2D eigenvalue weighted by Gasteiger charge is 2.24. The third kappa shape index (κ3) is 4.64. The van der Waals surface area contributed by atoms with Gasteiger partial charge in [0.15, 0.2) is 6.10 Å². The van der Waals surface area contributed by atoms with E-state index in [9.17, 15) is 19.7 Å². The van der Waals surface area contributed by atoms with Crippen molar-refractivity contribution in [3.63, 3.8) is 0 Å². The Hall–Kier alpha value is -3.59. The smallest absolute Gasteiger partial charge is 0.351 e. The van der Waals surface area contributed by atoms with Crippen molar-refractivity contribution >= 4 is 34.6 Å². The van der Waals surface area contributed by atoms with Crippen molar-refractivity contribution in [2.45, 2.75) is 20.0 Å². The second-order valence-corrected chi connectivity index (χ2v) is 7.11. The number of carbonyl (C=O) groups excluding carboxylic acids is 2. The number of rotatable bonds is 6. The van der Waals surface area contributed by atoms with Crippen molar-refractivity contribution in [1.29, 1.82) is 0 Å². The predicted molar refractivity (Wildman–Crippen MR) is 109 cm³/mol. The van der Waals surface area contributed by atoms with Gasteiger partial charge in [0, 0.05) is 11.6 Å². The number of hydrogen-bond donors (Lipinski definition) is 1. The Balaban J connectivity index is 1.70. The molecule has 1 N–H and O–H groups in total. The summed E-state index contributed by atoms with van der Waals surface area (Å²) in [5.74, 6) is -1.34. The zero-order valence-corrected chi connectivity index (χ0v) is 16.4. The first-order valence-electron chi connectivity index (χ1n) is 8.65. The lowest BCUT2D eigenvalue weighted by Crippen LogP contribution is -2.30. The van der Waals surface area contributed by atoms with Crippen LogP contribution in [0.1, 0.15) is 22.3 Å². The molecule has 3 aromatic rings. The number of hydrogen-bond acceptors (Lipinski definition) is 7. The van der Waals surface area contributed by atoms with E-state index in [0.717, 1.165) is 5.56 Å². The lowest BCUT2D eigenvalue weighted by molar-refractivity contribution is -0.383. The molecule has 0 unspecified atom stereocenters. The largest absolute Gasteiger partial charge is 0.448 e. The van der Waals surface area contributed by atoms with Crippen LogP contribution >= 0.6 is 11.3 Å². The number of nitrogens with zero attached hydrogens (tertiary/aromatic N) is 2. The summed E-state index contributed by atoms with van der Waals surface area (Å²) in [5.41, 5.74) is 1.17. The third-order valence-electron chi connectivity index (χ3n) is 4.01. The topological polar surface area (TPSA) is 111 Å². The zero-order chi connectivity index (χ0) is 21.0. The van der Waals surface area contributed by atoms with E-state index in [1.54, 1.807) is 13.0 Å². The SMILES string of the molecule is Cc1nc(-c2ccccc2)sc1C(=O)O[C@H](C)C(=O)Nc1ccccc1[N+](=O)[O-]. The number of benzene rings is 2. The number of aryl methyl sites for hydroxylation is 1. The summed E-state index contributed by atoms with van der Waals surface area (Å²) in [5, 5.41) is 14.2. The summed E-state index contributed by atoms with van der Waals surface area (Å²) >= 11 is 1.18. The lowest BCUT2D eigenvalue weighted by atomic mass is 10.2. The van der Waals surface area contributed by atoms with Gasteiger partial charge in [0.25, 0.3) is 11.6 Å². The molecule has 0 fully saturated rings. The maximum absolute atomic E-state index is 12.5. The van der Waals surface area contributed by atoms with Crippen LogP contribution in [0.2, 0.25) is 0 Å². The number of ether oxygens (including phenoxy) is 1. The number of nitrogens with one attached hydrogen (secondary N) is 1. The van der Waals surface area contributed by atoms with Gasteiger partial charge < -0.3 is 10.1 Å². The van der Waals surface area contributed by atoms with Crippen molar-refractivity contribution in [2.75, 3.05) is 5.32 Å². The molecule has 148 valence electrons. The number of nitro benzene ring substituents is 1. The summed E-state index contributed by atoms with van der Waals surface area (Å²) < 4.78 is 5.25. The Morgan fingerprint density at radius 1 is 1.14 bits per heavy atom. The van der Waals surface area contributed by atoms with Crippen molar-refractivity contribution in [3.05, 3.63) is 75.3 Å². The Labute approximate surface area is 170 Å². The molecule has 29 heavy (non-hydrogen) atoms. The number of carbonyl (C=O) groups is 2. The number of nitro groups is 1. The Bertz CT molecular complexity index is 1060. The second-order valence-electron chi connectivity index (χ2n) is 6.11. The van der Waals surface area contributed by atoms with Crippen molar-refractivity contribution in [3.8, 4) is 10.6 Å². The molecule has 1 heterocycles. The molecule has 0 spiro atoms. The average Bonchev–Trinajstić information content (AvgIpc) is 3.10. The van der Waals surface area contributed by atoms with Crippen LogP contribution in [0.3, 0.4) is 0 Å². The minimum atomic E-state index is -1.15. The van der Waals surface area contributed by atoms with E-state index >= 15 is 0 Å². The fraction of sp³-hybridized carbons (Fsp3) is 0.150. The maximum atomic E-state index is 12.5. The molecule has 8 nitrogen and oxygen atoms in total. The lowest BCUT2D eigenvalue weighted by Gasteiger charge is -2.13. The molecule has 0 aliphatic rings. The molecule has 0 radical (unpaired) electrons. The molecular weight excluding hydrogens is 394 g/mol. The average molecular weight is 411 g/mol. The van der Waals surface area contributed by atoms with Crippen LogP contribution in [0.25, 0.3) is 10.6 Å². The van der Waals surface area contributed by atoms with Crippen LogP contribution in [0, 0.1) is 17.0 Å². The van der Waals surface area contributed by atoms with Crippen LogP contribution in [0.5, 0.6) is 0 Å². The highest BCUT2D eigenvalue weighted by Crippen LogP contribution is 2.29. The first kappa shape index (κ1) is 20.2. The minimum Gasteiger partial charge on any atom is -0.448 e. The van der Waals surface area contributed by atoms with Gasteiger partial charge in [0.05, 0.1) is 10.6 Å². The normalized spacial score (nSPS) is 11.5. The van der Waals surface area contributed by atoms with Gasteiger partial charge in [-0.3, -0.25) is 14.9 Å². The second kappa shape index (κ2) is 8.61. The van der Waals surface area contributed by atoms with Crippen LogP contribution in [-0.4, -0.2) is 27.9 Å². The summed E-state index contributed by atoms with van der Waals surface area (Å²) in [6.45, 7) is 3.09. The number of anilines is 1. The van der Waals surface area contributed by atoms with E-state index in [1.165, 1.54) is 36.5 Å². The van der Waals surface area contributed by atoms with Gasteiger partial charge in [-0.2, -0.15) is 0 Å². The number of thiazole rings is 1. The van der Waals surface area contributed by atoms with Crippen LogP contribution in [-0.2, 0) is 9.53 Å². The zero-order valence-electron chi connectivity index (χ0n) is 15.6. The molecule has 0 aliphatic heterocycles. The summed E-state index contributed by atoms with van der Waals surface area (Å²) in [6.07, 6.45) is -1.15. The first-order valence-corrected chi connectivity index (χ1v) is 9.46. The molecule has 1 atom stereocenters. The van der Waals surface area contributed by atoms with Gasteiger partial charge in [0.1, 0.15) is 15.6 Å². The van der Waals surface area contributed by atoms with E-state index in [0.29, 0.717) is 15.6 Å². The Morgan fingerprint density at radius 3 is 2.48 bits per heavy atom. The molecule has 0 bridgehead atoms. The molecule has 2 aromatic carbocycles. The third-order valence-corrected chi connectivity index (χ3v) is 5.20. The Kier molecular flexibility index (Phi) is 5.99. The van der Waals surface area contributed by atoms with Gasteiger partial charge in [0.2, 0.25) is 0 Å². The highest BCUT2D eigenvalue weighted by atomic mass is 32.1. The molecule has 0 saturated carbocycles. The molecule has 9 heteroatoms. The molecular formula is C20H17N3O5S. The van der Waals surface area contributed by atoms with Crippen LogP contribution in [0.4, 0.5) is 11.4 Å². The highest BCUT2D eigenvalue weighted by molar-refractivity contribution is 7.17. The van der Waals surface area contributed by atoms with Crippen molar-refractivity contribution in [1.82, 2.24) is 4.98 Å². The van der Waals surface area contributed by atoms with Gasteiger partial charge in [-0.05, 0) is 19.9 Å². The fourth-order valence-corrected chi connectivity index (χ4v) is 3.49. The number of amides is 1. The molecule has 1 aromatic heterocycles. The van der Waals surface area contributed by atoms with Crippen molar-refractivity contribution in [2.24, 2.45) is 0 Å². The molecule has 1 amide bonds. The summed E-state index contributed by atoms with van der Waals surface area (Å²) in [4.78, 5) is 40.0. The van der Waals surface area contributed by atoms with E-state index < -0.39 is 22.9 Å². The fourth-order valence-electron chi connectivity index (χ4n) is 2.53. The standard InChI is InChI=1S/C20H17N3O5S/c1-12-17(29-19(21-12)14-8-4-3-5-9-14)20(25)28-13(2)18(24)22-15-10-6-7-11-16(15)23(26)27/h3-11,13H,1-2H3,(H,22,24)/t13-/m1/s1. The van der Waals surface area contributed by atoms with E-state index in [2.05, 4.69) is 10.3 Å². The first-order chi connectivity index (χ1) is 13.9. The molecule has 0 aliphatic carbocycles. The quantitative estimate of drug-likeness (QED) is 0.369. The van der Waals surface area contributed by atoms with E-state index in [-0.39, 0.29) is 11.4 Å². The van der Waals surface area contributed by atoms with E-state index in [4.69, 9.17) is 4.74 Å².